The van der Waals surface area contributed by atoms with Gasteiger partial charge in [-0.15, -0.1) is 11.3 Å². The molecule has 0 spiro atoms. The van der Waals surface area contributed by atoms with Crippen molar-refractivity contribution in [1.82, 2.24) is 15.5 Å². The minimum absolute atomic E-state index is 0.690. The van der Waals surface area contributed by atoms with Crippen LogP contribution < -0.4 is 10.2 Å². The lowest BCUT2D eigenvalue weighted by atomic mass is 10.2. The summed E-state index contributed by atoms with van der Waals surface area (Å²) in [5.74, 6) is 0.970. The monoisotopic (exact) mass is 316 g/mol. The van der Waals surface area contributed by atoms with Gasteiger partial charge >= 0.3 is 0 Å². The molecule has 0 bridgehead atoms. The lowest BCUT2D eigenvalue weighted by molar-refractivity contribution is 0.724. The van der Waals surface area contributed by atoms with Crippen LogP contribution in [0.1, 0.15) is 6.42 Å². The molecule has 1 aliphatic rings. The molecule has 3 heterocycles. The maximum Gasteiger partial charge on any atom is 0.151 e. The van der Waals surface area contributed by atoms with Crippen LogP contribution >= 0.6 is 34.5 Å². The van der Waals surface area contributed by atoms with Gasteiger partial charge in [0.2, 0.25) is 0 Å². The summed E-state index contributed by atoms with van der Waals surface area (Å²) in [5, 5.41) is 10.8. The van der Waals surface area contributed by atoms with E-state index in [0.717, 1.165) is 49.7 Å². The topological polar surface area (TPSA) is 44.0 Å². The average molecular weight is 317 g/mol. The molecule has 2 N–H and O–H groups in total. The van der Waals surface area contributed by atoms with Crippen molar-refractivity contribution in [3.63, 3.8) is 0 Å². The van der Waals surface area contributed by atoms with Crippen molar-refractivity contribution >= 4 is 40.4 Å². The number of hydrogen-bond acceptors (Lipinski definition) is 4. The van der Waals surface area contributed by atoms with Crippen molar-refractivity contribution in [3.8, 4) is 11.3 Å². The van der Waals surface area contributed by atoms with E-state index >= 15 is 0 Å². The van der Waals surface area contributed by atoms with Gasteiger partial charge in [-0.1, -0.05) is 23.2 Å². The second kappa shape index (κ2) is 5.71. The zero-order chi connectivity index (χ0) is 13.2. The third-order valence-corrected chi connectivity index (χ3v) is 4.66. The van der Waals surface area contributed by atoms with Gasteiger partial charge in [0.15, 0.2) is 5.82 Å². The smallest absolute Gasteiger partial charge is 0.151 e. The summed E-state index contributed by atoms with van der Waals surface area (Å²) in [4.78, 5) is 2.28. The minimum Gasteiger partial charge on any atom is -0.354 e. The summed E-state index contributed by atoms with van der Waals surface area (Å²) in [6.45, 7) is 4.06. The number of aromatic nitrogens is 2. The van der Waals surface area contributed by atoms with E-state index in [1.54, 1.807) is 0 Å². The maximum absolute atomic E-state index is 6.16. The van der Waals surface area contributed by atoms with E-state index in [1.807, 2.05) is 12.1 Å². The molecule has 0 aromatic carbocycles. The van der Waals surface area contributed by atoms with Crippen molar-refractivity contribution in [2.75, 3.05) is 31.1 Å². The number of anilines is 1. The van der Waals surface area contributed by atoms with Crippen molar-refractivity contribution in [1.29, 1.82) is 0 Å². The van der Waals surface area contributed by atoms with E-state index in [1.165, 1.54) is 11.3 Å². The van der Waals surface area contributed by atoms with Gasteiger partial charge in [-0.2, -0.15) is 5.10 Å². The Labute approximate surface area is 125 Å². The molecule has 2 aromatic heterocycles. The zero-order valence-corrected chi connectivity index (χ0v) is 12.6. The van der Waals surface area contributed by atoms with E-state index in [-0.39, 0.29) is 0 Å². The van der Waals surface area contributed by atoms with Gasteiger partial charge in [-0.05, 0) is 19.0 Å². The Morgan fingerprint density at radius 3 is 2.89 bits per heavy atom. The number of hydrogen-bond donors (Lipinski definition) is 2. The summed E-state index contributed by atoms with van der Waals surface area (Å²) >= 11 is 13.5. The zero-order valence-electron chi connectivity index (χ0n) is 10.2. The molecule has 3 rings (SSSR count). The molecule has 0 radical (unpaired) electrons. The molecule has 102 valence electrons. The Bertz CT molecular complexity index is 558. The summed E-state index contributed by atoms with van der Waals surface area (Å²) < 4.78 is 1.38. The molecule has 1 saturated heterocycles. The molecule has 0 aliphatic carbocycles. The molecule has 0 amide bonds. The predicted octanol–water partition coefficient (Wildman–Crippen LogP) is 3.24. The fourth-order valence-corrected chi connectivity index (χ4v) is 3.70. The van der Waals surface area contributed by atoms with E-state index in [4.69, 9.17) is 23.2 Å². The Hall–Kier alpha value is -0.750. The van der Waals surface area contributed by atoms with Gasteiger partial charge in [-0.25, -0.2) is 0 Å². The number of rotatable bonds is 2. The first-order valence-corrected chi connectivity index (χ1v) is 7.77. The molecule has 4 nitrogen and oxygen atoms in total. The van der Waals surface area contributed by atoms with Gasteiger partial charge in [0.05, 0.1) is 10.0 Å². The average Bonchev–Trinajstić information content (AvgIpc) is 2.88. The van der Waals surface area contributed by atoms with Gasteiger partial charge in [0.25, 0.3) is 0 Å². The van der Waals surface area contributed by atoms with Gasteiger partial charge in [-0.3, -0.25) is 5.10 Å². The molecule has 1 fully saturated rings. The Balaban J connectivity index is 1.84. The second-order valence-corrected chi connectivity index (χ2v) is 6.75. The van der Waals surface area contributed by atoms with E-state index < -0.39 is 0 Å². The molecule has 1 aliphatic heterocycles. The fraction of sp³-hybridized carbons (Fsp3) is 0.417. The SMILES string of the molecule is Clc1cc(-c2cc(N3CCCNCC3)n[nH]2)c(Cl)s1. The highest BCUT2D eigenvalue weighted by molar-refractivity contribution is 7.20. The third kappa shape index (κ3) is 2.89. The standard InChI is InChI=1S/C12H14Cl2N4S/c13-10-6-8(12(14)19-10)9-7-11(17-16-9)18-4-1-2-15-3-5-18/h6-7,15H,1-5H2,(H,16,17). The number of nitrogens with zero attached hydrogens (tertiary/aromatic N) is 2. The number of thiophene rings is 1. The molecular formula is C12H14Cl2N4S. The highest BCUT2D eigenvalue weighted by Crippen LogP contribution is 2.38. The normalized spacial score (nSPS) is 16.6. The van der Waals surface area contributed by atoms with Crippen LogP contribution in [0.3, 0.4) is 0 Å². The largest absolute Gasteiger partial charge is 0.354 e. The van der Waals surface area contributed by atoms with Crippen molar-refractivity contribution in [2.24, 2.45) is 0 Å². The maximum atomic E-state index is 6.16. The van der Waals surface area contributed by atoms with Crippen LogP contribution in [0.15, 0.2) is 12.1 Å². The lowest BCUT2D eigenvalue weighted by Crippen LogP contribution is -2.28. The summed E-state index contributed by atoms with van der Waals surface area (Å²) in [5.41, 5.74) is 1.84. The highest BCUT2D eigenvalue weighted by Gasteiger charge is 2.15. The summed E-state index contributed by atoms with van der Waals surface area (Å²) in [6.07, 6.45) is 1.13. The summed E-state index contributed by atoms with van der Waals surface area (Å²) in [7, 11) is 0. The molecule has 0 unspecified atom stereocenters. The molecular weight excluding hydrogens is 303 g/mol. The van der Waals surface area contributed by atoms with E-state index in [9.17, 15) is 0 Å². The van der Waals surface area contributed by atoms with Crippen molar-refractivity contribution in [3.05, 3.63) is 20.8 Å². The van der Waals surface area contributed by atoms with Crippen LogP contribution in [-0.4, -0.2) is 36.4 Å². The molecule has 0 saturated carbocycles. The Morgan fingerprint density at radius 1 is 1.21 bits per heavy atom. The quantitative estimate of drug-likeness (QED) is 0.894. The number of aromatic amines is 1. The molecule has 19 heavy (non-hydrogen) atoms. The first kappa shape index (κ1) is 13.2. The lowest BCUT2D eigenvalue weighted by Gasteiger charge is -2.18. The second-order valence-electron chi connectivity index (χ2n) is 4.47. The highest BCUT2D eigenvalue weighted by atomic mass is 35.5. The Morgan fingerprint density at radius 2 is 2.11 bits per heavy atom. The van der Waals surface area contributed by atoms with E-state index in [2.05, 4.69) is 20.4 Å². The van der Waals surface area contributed by atoms with Crippen LogP contribution in [-0.2, 0) is 0 Å². The van der Waals surface area contributed by atoms with Gasteiger partial charge in [0.1, 0.15) is 4.34 Å². The number of nitrogens with one attached hydrogen (secondary N) is 2. The fourth-order valence-electron chi connectivity index (χ4n) is 2.21. The third-order valence-electron chi connectivity index (χ3n) is 3.18. The van der Waals surface area contributed by atoms with Crippen LogP contribution in [0, 0.1) is 0 Å². The molecule has 7 heteroatoms. The van der Waals surface area contributed by atoms with Crippen molar-refractivity contribution in [2.45, 2.75) is 6.42 Å². The van der Waals surface area contributed by atoms with Crippen molar-refractivity contribution < 1.29 is 0 Å². The first-order chi connectivity index (χ1) is 9.24. The van der Waals surface area contributed by atoms with Crippen LogP contribution in [0.2, 0.25) is 8.67 Å². The summed E-state index contributed by atoms with van der Waals surface area (Å²) in [6, 6.07) is 3.91. The number of H-pyrrole nitrogens is 1. The molecule has 0 atom stereocenters. The minimum atomic E-state index is 0.690. The van der Waals surface area contributed by atoms with E-state index in [0.29, 0.717) is 8.67 Å². The van der Waals surface area contributed by atoms with Gasteiger partial charge in [0, 0.05) is 31.3 Å². The van der Waals surface area contributed by atoms with Crippen LogP contribution in [0.5, 0.6) is 0 Å². The molecule has 2 aromatic rings. The van der Waals surface area contributed by atoms with Gasteiger partial charge < -0.3 is 10.2 Å². The van der Waals surface area contributed by atoms with Crippen LogP contribution in [0.4, 0.5) is 5.82 Å². The van der Waals surface area contributed by atoms with Crippen LogP contribution in [0.25, 0.3) is 11.3 Å². The number of halogens is 2. The predicted molar refractivity (Wildman–Crippen MR) is 81.6 cm³/mol. The Kier molecular flexibility index (Phi) is 3.98. The first-order valence-electron chi connectivity index (χ1n) is 6.20.